The van der Waals surface area contributed by atoms with Crippen LogP contribution in [-0.4, -0.2) is 42.8 Å². The topological polar surface area (TPSA) is 54.0 Å². The van der Waals surface area contributed by atoms with Gasteiger partial charge in [0, 0.05) is 29.8 Å². The number of hydrogen-bond donors (Lipinski definition) is 1. The molecule has 2 heterocycles. The predicted octanol–water partition coefficient (Wildman–Crippen LogP) is 3.71. The fourth-order valence-corrected chi connectivity index (χ4v) is 4.80. The summed E-state index contributed by atoms with van der Waals surface area (Å²) in [6.45, 7) is 1.93. The first-order valence-electron chi connectivity index (χ1n) is 9.20. The number of rotatable bonds is 3. The Balaban J connectivity index is 1.90. The molecular weight excluding hydrogens is 454 g/mol. The summed E-state index contributed by atoms with van der Waals surface area (Å²) in [7, 11) is 5.13. The average Bonchev–Trinajstić information content (AvgIpc) is 2.68. The molecule has 4 rings (SSSR count). The van der Waals surface area contributed by atoms with Gasteiger partial charge in [-0.25, -0.2) is 0 Å². The van der Waals surface area contributed by atoms with Crippen LogP contribution in [-0.2, 0) is 4.79 Å². The number of fused-ring (bicyclic) bond motifs is 4. The number of carbonyl (C=O) groups excluding carboxylic acids is 1. The van der Waals surface area contributed by atoms with Crippen LogP contribution in [0.1, 0.15) is 18.5 Å². The van der Waals surface area contributed by atoms with Crippen molar-refractivity contribution in [2.45, 2.75) is 18.7 Å². The SMILES string of the molecule is COc1ccc2c(c1)C1NC(=S)N(c3ccc(Br)cc3)C(C)(O2)C1C(=O)N(C)C. The largest absolute Gasteiger partial charge is 0.497 e. The van der Waals surface area contributed by atoms with E-state index in [1.165, 1.54) is 0 Å². The molecule has 1 N–H and O–H groups in total. The lowest BCUT2D eigenvalue weighted by atomic mass is 9.78. The van der Waals surface area contributed by atoms with E-state index < -0.39 is 11.6 Å². The Morgan fingerprint density at radius 2 is 1.97 bits per heavy atom. The van der Waals surface area contributed by atoms with Gasteiger partial charge in [0.1, 0.15) is 17.4 Å². The molecule has 0 aromatic heterocycles. The first kappa shape index (κ1) is 20.0. The molecule has 6 nitrogen and oxygen atoms in total. The van der Waals surface area contributed by atoms with Gasteiger partial charge in [-0.15, -0.1) is 0 Å². The molecule has 8 heteroatoms. The molecule has 0 saturated carbocycles. The van der Waals surface area contributed by atoms with Crippen LogP contribution in [0, 0.1) is 5.92 Å². The molecule has 3 unspecified atom stereocenters. The fourth-order valence-electron chi connectivity index (χ4n) is 4.12. The van der Waals surface area contributed by atoms with E-state index in [-0.39, 0.29) is 11.9 Å². The zero-order chi connectivity index (χ0) is 20.9. The van der Waals surface area contributed by atoms with Gasteiger partial charge in [0.05, 0.1) is 13.2 Å². The molecule has 152 valence electrons. The summed E-state index contributed by atoms with van der Waals surface area (Å²) in [4.78, 5) is 16.8. The van der Waals surface area contributed by atoms with Gasteiger partial charge in [-0.05, 0) is 61.6 Å². The van der Waals surface area contributed by atoms with Crippen LogP contribution in [0.3, 0.4) is 0 Å². The number of benzene rings is 2. The number of halogens is 1. The minimum atomic E-state index is -0.996. The first-order chi connectivity index (χ1) is 13.8. The second-order valence-corrected chi connectivity index (χ2v) is 8.81. The van der Waals surface area contributed by atoms with E-state index in [2.05, 4.69) is 21.2 Å². The Hall–Kier alpha value is -2.32. The standard InChI is InChI=1S/C21H22BrN3O3S/c1-21-17(19(26)24(2)3)18(15-11-14(27-4)9-10-16(15)28-21)23-20(29)25(21)13-7-5-12(22)6-8-13/h5-11,17-18H,1-4H3,(H,23,29). The molecule has 0 aliphatic carbocycles. The van der Waals surface area contributed by atoms with Crippen LogP contribution in [0.5, 0.6) is 11.5 Å². The summed E-state index contributed by atoms with van der Waals surface area (Å²) in [5.74, 6) is 0.851. The van der Waals surface area contributed by atoms with E-state index in [1.807, 2.05) is 54.3 Å². The van der Waals surface area contributed by atoms with Crippen LogP contribution in [0.4, 0.5) is 5.69 Å². The monoisotopic (exact) mass is 475 g/mol. The highest BCUT2D eigenvalue weighted by Gasteiger charge is 2.59. The van der Waals surface area contributed by atoms with Crippen molar-refractivity contribution in [3.8, 4) is 11.5 Å². The fraction of sp³-hybridized carbons (Fsp3) is 0.333. The maximum atomic E-state index is 13.3. The highest BCUT2D eigenvalue weighted by atomic mass is 79.9. The van der Waals surface area contributed by atoms with Gasteiger partial charge in [-0.1, -0.05) is 15.9 Å². The van der Waals surface area contributed by atoms with Gasteiger partial charge in [-0.2, -0.15) is 0 Å². The Kier molecular flexibility index (Phi) is 4.94. The number of ether oxygens (including phenoxy) is 2. The van der Waals surface area contributed by atoms with E-state index in [0.29, 0.717) is 16.6 Å². The van der Waals surface area contributed by atoms with E-state index >= 15 is 0 Å². The maximum Gasteiger partial charge on any atom is 0.233 e. The van der Waals surface area contributed by atoms with Crippen LogP contribution < -0.4 is 19.7 Å². The third kappa shape index (κ3) is 3.14. The highest BCUT2D eigenvalue weighted by Crippen LogP contribution is 2.50. The van der Waals surface area contributed by atoms with E-state index in [9.17, 15) is 4.79 Å². The molecule has 2 aliphatic rings. The van der Waals surface area contributed by atoms with Crippen molar-refractivity contribution in [3.63, 3.8) is 0 Å². The minimum Gasteiger partial charge on any atom is -0.497 e. The molecule has 3 atom stereocenters. The van der Waals surface area contributed by atoms with E-state index in [0.717, 1.165) is 15.7 Å². The molecule has 1 amide bonds. The van der Waals surface area contributed by atoms with Crippen LogP contribution in [0.25, 0.3) is 0 Å². The lowest BCUT2D eigenvalue weighted by Crippen LogP contribution is -2.72. The molecule has 2 aromatic carbocycles. The zero-order valence-electron chi connectivity index (χ0n) is 16.6. The second-order valence-electron chi connectivity index (χ2n) is 7.51. The zero-order valence-corrected chi connectivity index (χ0v) is 19.0. The van der Waals surface area contributed by atoms with Gasteiger partial charge in [0.25, 0.3) is 0 Å². The van der Waals surface area contributed by atoms with Crippen LogP contribution in [0.2, 0.25) is 0 Å². The maximum absolute atomic E-state index is 13.3. The van der Waals surface area contributed by atoms with Crippen molar-refractivity contribution in [1.82, 2.24) is 10.2 Å². The van der Waals surface area contributed by atoms with Crippen molar-refractivity contribution < 1.29 is 14.3 Å². The van der Waals surface area contributed by atoms with Crippen molar-refractivity contribution >= 4 is 44.9 Å². The van der Waals surface area contributed by atoms with Gasteiger partial charge < -0.3 is 19.7 Å². The Morgan fingerprint density at radius 1 is 1.28 bits per heavy atom. The molecule has 2 aliphatic heterocycles. The molecule has 1 saturated heterocycles. The summed E-state index contributed by atoms with van der Waals surface area (Å²) in [6, 6.07) is 13.1. The average molecular weight is 476 g/mol. The predicted molar refractivity (Wildman–Crippen MR) is 119 cm³/mol. The number of methoxy groups -OCH3 is 1. The van der Waals surface area contributed by atoms with Gasteiger partial charge in [0.2, 0.25) is 5.91 Å². The minimum absolute atomic E-state index is 0.0388. The number of thiocarbonyl (C=S) groups is 1. The number of anilines is 1. The highest BCUT2D eigenvalue weighted by molar-refractivity contribution is 9.10. The molecule has 2 aromatic rings. The molecular formula is C21H22BrN3O3S. The van der Waals surface area contributed by atoms with Gasteiger partial charge in [-0.3, -0.25) is 9.69 Å². The number of amides is 1. The molecule has 29 heavy (non-hydrogen) atoms. The van der Waals surface area contributed by atoms with Crippen molar-refractivity contribution in [1.29, 1.82) is 0 Å². The number of hydrogen-bond acceptors (Lipinski definition) is 4. The van der Waals surface area contributed by atoms with Crippen molar-refractivity contribution in [2.75, 3.05) is 26.1 Å². The first-order valence-corrected chi connectivity index (χ1v) is 10.4. The number of nitrogens with zero attached hydrogens (tertiary/aromatic N) is 2. The molecule has 0 spiro atoms. The molecule has 2 bridgehead atoms. The normalized spacial score (nSPS) is 24.9. The van der Waals surface area contributed by atoms with E-state index in [4.69, 9.17) is 21.7 Å². The number of nitrogens with one attached hydrogen (secondary N) is 1. The van der Waals surface area contributed by atoms with Crippen LogP contribution in [0.15, 0.2) is 46.9 Å². The Morgan fingerprint density at radius 3 is 2.59 bits per heavy atom. The van der Waals surface area contributed by atoms with Crippen LogP contribution >= 0.6 is 28.1 Å². The second kappa shape index (κ2) is 7.18. The number of carbonyl (C=O) groups is 1. The summed E-state index contributed by atoms with van der Waals surface area (Å²) in [5.41, 5.74) is 0.712. The smallest absolute Gasteiger partial charge is 0.233 e. The van der Waals surface area contributed by atoms with E-state index in [1.54, 1.807) is 26.1 Å². The lowest BCUT2D eigenvalue weighted by Gasteiger charge is -2.56. The third-order valence-corrected chi connectivity index (χ3v) is 6.33. The summed E-state index contributed by atoms with van der Waals surface area (Å²) in [6.07, 6.45) is 0. The third-order valence-electron chi connectivity index (χ3n) is 5.50. The van der Waals surface area contributed by atoms with Gasteiger partial charge >= 0.3 is 0 Å². The van der Waals surface area contributed by atoms with Crippen molar-refractivity contribution in [2.24, 2.45) is 5.92 Å². The Labute approximate surface area is 183 Å². The summed E-state index contributed by atoms with van der Waals surface area (Å²) in [5, 5.41) is 3.90. The Bertz CT molecular complexity index is 982. The van der Waals surface area contributed by atoms with Gasteiger partial charge in [0.15, 0.2) is 10.8 Å². The quantitative estimate of drug-likeness (QED) is 0.682. The molecule has 1 fully saturated rings. The summed E-state index contributed by atoms with van der Waals surface area (Å²) < 4.78 is 12.9. The molecule has 0 radical (unpaired) electrons. The van der Waals surface area contributed by atoms with Crippen molar-refractivity contribution in [3.05, 3.63) is 52.5 Å². The summed E-state index contributed by atoms with van der Waals surface area (Å²) >= 11 is 9.20. The lowest BCUT2D eigenvalue weighted by molar-refractivity contribution is -0.144.